The standard InChI is InChI=1S/C8H9BrN6O/c9-5-7(12-3-13-8(5)16)11-1-4-2-14-15-6(4)10/h2-3H,1H2,(H3,10,14,15)(H2,11,12,13,16). The second-order valence-corrected chi connectivity index (χ2v) is 3.85. The summed E-state index contributed by atoms with van der Waals surface area (Å²) in [5, 5.41) is 9.38. The first kappa shape index (κ1) is 10.7. The van der Waals surface area contributed by atoms with Gasteiger partial charge in [-0.3, -0.25) is 9.89 Å². The van der Waals surface area contributed by atoms with Crippen LogP contribution in [0.2, 0.25) is 0 Å². The minimum absolute atomic E-state index is 0.238. The molecule has 0 atom stereocenters. The summed E-state index contributed by atoms with van der Waals surface area (Å²) < 4.78 is 0.358. The highest BCUT2D eigenvalue weighted by molar-refractivity contribution is 9.10. The molecule has 7 nitrogen and oxygen atoms in total. The van der Waals surface area contributed by atoms with Gasteiger partial charge in [-0.25, -0.2) is 4.98 Å². The Labute approximate surface area is 98.6 Å². The van der Waals surface area contributed by atoms with E-state index in [4.69, 9.17) is 5.73 Å². The number of nitrogens with one attached hydrogen (secondary N) is 3. The van der Waals surface area contributed by atoms with Gasteiger partial charge in [0.1, 0.15) is 16.1 Å². The molecule has 84 valence electrons. The van der Waals surface area contributed by atoms with E-state index in [0.29, 0.717) is 22.7 Å². The van der Waals surface area contributed by atoms with E-state index >= 15 is 0 Å². The summed E-state index contributed by atoms with van der Waals surface area (Å²) in [7, 11) is 0. The molecule has 2 heterocycles. The molecular formula is C8H9BrN6O. The van der Waals surface area contributed by atoms with Crippen molar-refractivity contribution in [2.75, 3.05) is 11.1 Å². The highest BCUT2D eigenvalue weighted by Gasteiger charge is 2.06. The van der Waals surface area contributed by atoms with Crippen LogP contribution in [-0.2, 0) is 6.54 Å². The summed E-state index contributed by atoms with van der Waals surface area (Å²) in [6, 6.07) is 0. The van der Waals surface area contributed by atoms with Crippen molar-refractivity contribution in [1.82, 2.24) is 20.2 Å². The second kappa shape index (κ2) is 4.35. The van der Waals surface area contributed by atoms with Gasteiger partial charge in [0.05, 0.1) is 12.5 Å². The molecule has 0 unspecified atom stereocenters. The lowest BCUT2D eigenvalue weighted by molar-refractivity contribution is 1.05. The molecule has 0 saturated carbocycles. The van der Waals surface area contributed by atoms with Gasteiger partial charge < -0.3 is 16.0 Å². The predicted octanol–water partition coefficient (Wildman–Crippen LogP) is 0.450. The van der Waals surface area contributed by atoms with Crippen LogP contribution < -0.4 is 16.6 Å². The first-order chi connectivity index (χ1) is 7.68. The van der Waals surface area contributed by atoms with Crippen molar-refractivity contribution in [2.24, 2.45) is 0 Å². The molecule has 0 fully saturated rings. The molecule has 0 aromatic carbocycles. The highest BCUT2D eigenvalue weighted by atomic mass is 79.9. The summed E-state index contributed by atoms with van der Waals surface area (Å²) in [4.78, 5) is 17.7. The van der Waals surface area contributed by atoms with E-state index in [-0.39, 0.29) is 5.56 Å². The quantitative estimate of drug-likeness (QED) is 0.654. The number of hydrogen-bond acceptors (Lipinski definition) is 5. The maximum atomic E-state index is 11.2. The molecule has 0 bridgehead atoms. The monoisotopic (exact) mass is 284 g/mol. The van der Waals surface area contributed by atoms with Gasteiger partial charge in [-0.1, -0.05) is 0 Å². The molecule has 0 aliphatic heterocycles. The van der Waals surface area contributed by atoms with Crippen molar-refractivity contribution in [1.29, 1.82) is 0 Å². The number of aromatic nitrogens is 4. The van der Waals surface area contributed by atoms with Crippen molar-refractivity contribution in [2.45, 2.75) is 6.54 Å². The first-order valence-electron chi connectivity index (χ1n) is 4.43. The smallest absolute Gasteiger partial charge is 0.267 e. The van der Waals surface area contributed by atoms with Gasteiger partial charge in [0.15, 0.2) is 0 Å². The van der Waals surface area contributed by atoms with Crippen molar-refractivity contribution in [3.63, 3.8) is 0 Å². The fourth-order valence-corrected chi connectivity index (χ4v) is 1.50. The predicted molar refractivity (Wildman–Crippen MR) is 62.9 cm³/mol. The van der Waals surface area contributed by atoms with E-state index in [1.165, 1.54) is 6.33 Å². The Kier molecular flexibility index (Phi) is 2.91. The lowest BCUT2D eigenvalue weighted by atomic mass is 10.3. The number of halogens is 1. The van der Waals surface area contributed by atoms with Crippen LogP contribution in [-0.4, -0.2) is 20.2 Å². The topological polar surface area (TPSA) is 112 Å². The number of aromatic amines is 2. The van der Waals surface area contributed by atoms with Crippen LogP contribution in [0.25, 0.3) is 0 Å². The zero-order chi connectivity index (χ0) is 11.5. The van der Waals surface area contributed by atoms with Crippen LogP contribution in [0.15, 0.2) is 21.8 Å². The van der Waals surface area contributed by atoms with Crippen LogP contribution in [0.4, 0.5) is 11.6 Å². The summed E-state index contributed by atoms with van der Waals surface area (Å²) in [6.07, 6.45) is 2.94. The number of anilines is 2. The molecule has 5 N–H and O–H groups in total. The SMILES string of the molecule is Nc1[nH]ncc1CNc1nc[nH]c(=O)c1Br. The zero-order valence-electron chi connectivity index (χ0n) is 8.12. The Morgan fingerprint density at radius 3 is 3.06 bits per heavy atom. The third-order valence-corrected chi connectivity index (χ3v) is 2.73. The summed E-state index contributed by atoms with van der Waals surface area (Å²) >= 11 is 3.14. The molecule has 16 heavy (non-hydrogen) atoms. The Hall–Kier alpha value is -1.83. The van der Waals surface area contributed by atoms with Crippen molar-refractivity contribution in [3.05, 3.63) is 32.9 Å². The molecule has 0 amide bonds. The number of rotatable bonds is 3. The van der Waals surface area contributed by atoms with E-state index in [0.717, 1.165) is 5.56 Å². The molecule has 0 saturated heterocycles. The Balaban J connectivity index is 2.14. The Morgan fingerprint density at radius 2 is 2.38 bits per heavy atom. The van der Waals surface area contributed by atoms with Crippen molar-refractivity contribution >= 4 is 27.6 Å². The molecule has 8 heteroatoms. The average molecular weight is 285 g/mol. The first-order valence-corrected chi connectivity index (χ1v) is 5.22. The third kappa shape index (κ3) is 2.06. The minimum atomic E-state index is -0.238. The number of nitrogens with zero attached hydrogens (tertiary/aromatic N) is 2. The summed E-state index contributed by atoms with van der Waals surface area (Å²) in [5.41, 5.74) is 6.19. The van der Waals surface area contributed by atoms with Crippen LogP contribution in [0.1, 0.15) is 5.56 Å². The fraction of sp³-hybridized carbons (Fsp3) is 0.125. The normalized spacial score (nSPS) is 10.3. The van der Waals surface area contributed by atoms with E-state index in [9.17, 15) is 4.79 Å². The highest BCUT2D eigenvalue weighted by Crippen LogP contribution is 2.15. The maximum absolute atomic E-state index is 11.2. The maximum Gasteiger partial charge on any atom is 0.267 e. The summed E-state index contributed by atoms with van der Waals surface area (Å²) in [6.45, 7) is 0.442. The van der Waals surface area contributed by atoms with E-state index in [1.54, 1.807) is 6.20 Å². The van der Waals surface area contributed by atoms with Crippen LogP contribution in [0.3, 0.4) is 0 Å². The van der Waals surface area contributed by atoms with Gasteiger partial charge >= 0.3 is 0 Å². The van der Waals surface area contributed by atoms with E-state index < -0.39 is 0 Å². The molecule has 0 aliphatic rings. The molecule has 2 rings (SSSR count). The van der Waals surface area contributed by atoms with Crippen molar-refractivity contribution in [3.8, 4) is 0 Å². The second-order valence-electron chi connectivity index (χ2n) is 3.06. The number of H-pyrrole nitrogens is 2. The van der Waals surface area contributed by atoms with Gasteiger partial charge in [-0.2, -0.15) is 5.10 Å². The molecular weight excluding hydrogens is 276 g/mol. The number of hydrogen-bond donors (Lipinski definition) is 4. The van der Waals surface area contributed by atoms with Gasteiger partial charge in [-0.05, 0) is 15.9 Å². The lowest BCUT2D eigenvalue weighted by Gasteiger charge is -2.05. The van der Waals surface area contributed by atoms with Gasteiger partial charge in [-0.15, -0.1) is 0 Å². The Morgan fingerprint density at radius 1 is 1.56 bits per heavy atom. The average Bonchev–Trinajstić information content (AvgIpc) is 2.67. The van der Waals surface area contributed by atoms with Crippen molar-refractivity contribution < 1.29 is 0 Å². The fourth-order valence-electron chi connectivity index (χ4n) is 1.15. The van der Waals surface area contributed by atoms with Crippen LogP contribution in [0.5, 0.6) is 0 Å². The van der Waals surface area contributed by atoms with Crippen LogP contribution in [0, 0.1) is 0 Å². The summed E-state index contributed by atoms with van der Waals surface area (Å²) in [5.74, 6) is 0.956. The lowest BCUT2D eigenvalue weighted by Crippen LogP contribution is -2.12. The molecule has 0 aliphatic carbocycles. The molecule has 2 aromatic rings. The number of nitrogens with two attached hydrogens (primary N) is 1. The molecule has 0 spiro atoms. The van der Waals surface area contributed by atoms with E-state index in [2.05, 4.69) is 41.4 Å². The third-order valence-electron chi connectivity index (χ3n) is 1.99. The zero-order valence-corrected chi connectivity index (χ0v) is 9.71. The van der Waals surface area contributed by atoms with E-state index in [1.807, 2.05) is 0 Å². The Bertz CT molecular complexity index is 547. The molecule has 2 aromatic heterocycles. The minimum Gasteiger partial charge on any atom is -0.384 e. The van der Waals surface area contributed by atoms with Gasteiger partial charge in [0.25, 0.3) is 5.56 Å². The van der Waals surface area contributed by atoms with Gasteiger partial charge in [0, 0.05) is 12.1 Å². The van der Waals surface area contributed by atoms with Gasteiger partial charge in [0.2, 0.25) is 0 Å². The number of nitrogen functional groups attached to an aromatic ring is 1. The largest absolute Gasteiger partial charge is 0.384 e. The molecule has 0 radical (unpaired) electrons. The van der Waals surface area contributed by atoms with Crippen LogP contribution >= 0.6 is 15.9 Å².